The zero-order valence-corrected chi connectivity index (χ0v) is 18.9. The number of carboxylic acids is 2. The zero-order valence-electron chi connectivity index (χ0n) is 18.9. The highest BCUT2D eigenvalue weighted by Crippen LogP contribution is 2.07. The molecule has 192 valence electrons. The van der Waals surface area contributed by atoms with Gasteiger partial charge in [0.1, 0.15) is 18.1 Å². The van der Waals surface area contributed by atoms with Crippen LogP contribution in [-0.4, -0.2) is 75.9 Å². The topological polar surface area (TPSA) is 274 Å². The van der Waals surface area contributed by atoms with Gasteiger partial charge in [-0.25, -0.2) is 4.79 Å². The van der Waals surface area contributed by atoms with Crippen molar-refractivity contribution >= 4 is 41.5 Å². The number of carboxylic acid groups (broad SMARTS) is 2. The molecule has 0 bridgehead atoms. The third-order valence-corrected chi connectivity index (χ3v) is 4.90. The lowest BCUT2D eigenvalue weighted by Crippen LogP contribution is -2.58. The number of rotatable bonds is 16. The van der Waals surface area contributed by atoms with Gasteiger partial charge in [0.15, 0.2) is 0 Å². The minimum Gasteiger partial charge on any atom is -0.481 e. The molecule has 0 aromatic rings. The molecule has 0 saturated heterocycles. The van der Waals surface area contributed by atoms with Crippen LogP contribution in [0.4, 0.5) is 0 Å². The van der Waals surface area contributed by atoms with Gasteiger partial charge in [0, 0.05) is 6.42 Å². The molecule has 0 saturated carbocycles. The smallest absolute Gasteiger partial charge is 0.326 e. The van der Waals surface area contributed by atoms with Gasteiger partial charge in [0.25, 0.3) is 0 Å². The quantitative estimate of drug-likeness (QED) is 0.106. The minimum absolute atomic E-state index is 0.247. The molecule has 0 aromatic carbocycles. The number of nitrogens with two attached hydrogens (primary N) is 3. The first-order valence-corrected chi connectivity index (χ1v) is 10.4. The van der Waals surface area contributed by atoms with Gasteiger partial charge in [0.05, 0.1) is 18.9 Å². The summed E-state index contributed by atoms with van der Waals surface area (Å²) in [6, 6.07) is -5.94. The van der Waals surface area contributed by atoms with E-state index >= 15 is 0 Å². The molecule has 5 unspecified atom stereocenters. The van der Waals surface area contributed by atoms with Crippen LogP contribution in [0.2, 0.25) is 0 Å². The van der Waals surface area contributed by atoms with Crippen molar-refractivity contribution < 1.29 is 43.8 Å². The predicted octanol–water partition coefficient (Wildman–Crippen LogP) is -3.49. The summed E-state index contributed by atoms with van der Waals surface area (Å²) >= 11 is 0. The molecule has 0 rings (SSSR count). The van der Waals surface area contributed by atoms with E-state index < -0.39 is 78.5 Å². The largest absolute Gasteiger partial charge is 0.481 e. The second-order valence-corrected chi connectivity index (χ2v) is 7.71. The van der Waals surface area contributed by atoms with Crippen LogP contribution in [-0.2, 0) is 33.6 Å². The summed E-state index contributed by atoms with van der Waals surface area (Å²) in [6.07, 6.45) is -1.78. The number of carbonyl (C=O) groups is 7. The van der Waals surface area contributed by atoms with Crippen molar-refractivity contribution in [1.82, 2.24) is 16.0 Å². The van der Waals surface area contributed by atoms with E-state index in [2.05, 4.69) is 10.6 Å². The molecule has 0 aliphatic heterocycles. The molecule has 15 heteroatoms. The zero-order chi connectivity index (χ0) is 26.6. The van der Waals surface area contributed by atoms with Crippen LogP contribution in [0.25, 0.3) is 0 Å². The Balaban J connectivity index is 5.64. The normalized spacial score (nSPS) is 15.0. The van der Waals surface area contributed by atoms with Crippen LogP contribution in [0.3, 0.4) is 0 Å². The van der Waals surface area contributed by atoms with Crippen LogP contribution in [0, 0.1) is 5.92 Å². The molecule has 11 N–H and O–H groups in total. The van der Waals surface area contributed by atoms with Crippen LogP contribution in [0.15, 0.2) is 0 Å². The third-order valence-electron chi connectivity index (χ3n) is 4.90. The van der Waals surface area contributed by atoms with Gasteiger partial charge < -0.3 is 43.4 Å². The fraction of sp³-hybridized carbons (Fsp3) is 0.632. The Morgan fingerprint density at radius 1 is 0.765 bits per heavy atom. The van der Waals surface area contributed by atoms with Gasteiger partial charge in [-0.2, -0.15) is 0 Å². The molecule has 0 spiro atoms. The molecule has 0 aromatic heterocycles. The van der Waals surface area contributed by atoms with Gasteiger partial charge in [-0.3, -0.25) is 28.8 Å². The molecule has 0 heterocycles. The standard InChI is InChI=1S/C19H32N6O9/c1-3-8(2)15(22)18(32)23-9(4-5-12(20)26)16(30)24-10(7-14(28)29)17(31)25-11(19(33)34)6-13(21)27/h8-11,15H,3-7,22H2,1-2H3,(H2,20,26)(H2,21,27)(H,23,32)(H,24,30)(H,25,31)(H,28,29)(H,33,34). The summed E-state index contributed by atoms with van der Waals surface area (Å²) < 4.78 is 0. The average molecular weight is 488 g/mol. The van der Waals surface area contributed by atoms with E-state index in [4.69, 9.17) is 27.4 Å². The molecule has 0 aliphatic rings. The Kier molecular flexibility index (Phi) is 12.8. The first-order valence-electron chi connectivity index (χ1n) is 10.4. The van der Waals surface area contributed by atoms with E-state index in [1.54, 1.807) is 13.8 Å². The second-order valence-electron chi connectivity index (χ2n) is 7.71. The first kappa shape index (κ1) is 30.2. The van der Waals surface area contributed by atoms with Gasteiger partial charge >= 0.3 is 11.9 Å². The summed E-state index contributed by atoms with van der Waals surface area (Å²) in [5.74, 6) is -8.17. The van der Waals surface area contributed by atoms with Gasteiger partial charge in [0.2, 0.25) is 29.5 Å². The molecule has 15 nitrogen and oxygen atoms in total. The highest BCUT2D eigenvalue weighted by Gasteiger charge is 2.32. The number of carbonyl (C=O) groups excluding carboxylic acids is 5. The maximum atomic E-state index is 12.8. The Labute approximate surface area is 195 Å². The number of amides is 5. The fourth-order valence-electron chi connectivity index (χ4n) is 2.67. The number of hydrogen-bond donors (Lipinski definition) is 8. The highest BCUT2D eigenvalue weighted by atomic mass is 16.4. The second kappa shape index (κ2) is 14.4. The van der Waals surface area contributed by atoms with E-state index in [-0.39, 0.29) is 18.8 Å². The van der Waals surface area contributed by atoms with Crippen LogP contribution in [0.5, 0.6) is 0 Å². The van der Waals surface area contributed by atoms with Crippen molar-refractivity contribution in [2.24, 2.45) is 23.1 Å². The molecule has 0 fully saturated rings. The van der Waals surface area contributed by atoms with Gasteiger partial charge in [-0.05, 0) is 12.3 Å². The molecular formula is C19H32N6O9. The molecule has 0 radical (unpaired) electrons. The van der Waals surface area contributed by atoms with Gasteiger partial charge in [-0.1, -0.05) is 20.3 Å². The first-order chi connectivity index (χ1) is 15.7. The van der Waals surface area contributed by atoms with Crippen LogP contribution < -0.4 is 33.2 Å². The van der Waals surface area contributed by atoms with Crippen molar-refractivity contribution in [2.75, 3.05) is 0 Å². The minimum atomic E-state index is -1.78. The Morgan fingerprint density at radius 3 is 1.71 bits per heavy atom. The fourth-order valence-corrected chi connectivity index (χ4v) is 2.67. The number of nitrogens with one attached hydrogen (secondary N) is 3. The highest BCUT2D eigenvalue weighted by molar-refractivity contribution is 5.96. The maximum absolute atomic E-state index is 12.8. The van der Waals surface area contributed by atoms with Crippen molar-refractivity contribution in [3.05, 3.63) is 0 Å². The number of primary amides is 2. The molecular weight excluding hydrogens is 456 g/mol. The molecule has 0 aliphatic carbocycles. The lowest BCUT2D eigenvalue weighted by molar-refractivity contribution is -0.144. The van der Waals surface area contributed by atoms with Gasteiger partial charge in [-0.15, -0.1) is 0 Å². The van der Waals surface area contributed by atoms with E-state index in [1.807, 2.05) is 5.32 Å². The van der Waals surface area contributed by atoms with E-state index in [0.717, 1.165) is 0 Å². The molecule has 5 amide bonds. The van der Waals surface area contributed by atoms with E-state index in [1.165, 1.54) is 0 Å². The average Bonchev–Trinajstić information content (AvgIpc) is 2.73. The summed E-state index contributed by atoms with van der Waals surface area (Å²) in [5.41, 5.74) is 15.9. The van der Waals surface area contributed by atoms with Crippen LogP contribution in [0.1, 0.15) is 46.0 Å². The monoisotopic (exact) mass is 488 g/mol. The number of aliphatic carboxylic acids is 2. The summed E-state index contributed by atoms with van der Waals surface area (Å²) in [5, 5.41) is 24.6. The lowest BCUT2D eigenvalue weighted by Gasteiger charge is -2.25. The van der Waals surface area contributed by atoms with Crippen molar-refractivity contribution in [2.45, 2.75) is 70.1 Å². The Bertz CT molecular complexity index is 803. The summed E-state index contributed by atoms with van der Waals surface area (Å²) in [6.45, 7) is 3.51. The SMILES string of the molecule is CCC(C)C(N)C(=O)NC(CCC(N)=O)C(=O)NC(CC(=O)O)C(=O)NC(CC(N)=O)C(=O)O. The number of hydrogen-bond acceptors (Lipinski definition) is 8. The Hall–Kier alpha value is -3.75. The lowest BCUT2D eigenvalue weighted by atomic mass is 9.98. The Morgan fingerprint density at radius 2 is 1.26 bits per heavy atom. The summed E-state index contributed by atoms with van der Waals surface area (Å²) in [4.78, 5) is 82.2. The van der Waals surface area contributed by atoms with E-state index in [0.29, 0.717) is 6.42 Å². The predicted molar refractivity (Wildman–Crippen MR) is 115 cm³/mol. The van der Waals surface area contributed by atoms with Crippen molar-refractivity contribution in [3.8, 4) is 0 Å². The third kappa shape index (κ3) is 11.2. The molecule has 5 atom stereocenters. The van der Waals surface area contributed by atoms with Crippen LogP contribution >= 0.6 is 0 Å². The molecule has 34 heavy (non-hydrogen) atoms. The maximum Gasteiger partial charge on any atom is 0.326 e. The summed E-state index contributed by atoms with van der Waals surface area (Å²) in [7, 11) is 0. The van der Waals surface area contributed by atoms with Crippen molar-refractivity contribution in [1.29, 1.82) is 0 Å². The van der Waals surface area contributed by atoms with E-state index in [9.17, 15) is 33.6 Å². The van der Waals surface area contributed by atoms with Crippen molar-refractivity contribution in [3.63, 3.8) is 0 Å².